The Bertz CT molecular complexity index is 1270. The average Bonchev–Trinajstić information content (AvgIpc) is 2.98. The molecule has 0 heterocycles. The lowest BCUT2D eigenvalue weighted by molar-refractivity contribution is -0.122. The van der Waals surface area contributed by atoms with Crippen LogP contribution in [0.25, 0.3) is 0 Å². The van der Waals surface area contributed by atoms with Crippen LogP contribution in [0, 0.1) is 35.0 Å². The molecule has 0 N–H and O–H groups in total. The quantitative estimate of drug-likeness (QED) is 0.103. The molecule has 0 bridgehead atoms. The summed E-state index contributed by atoms with van der Waals surface area (Å²) in [6.45, 7) is 10.8. The van der Waals surface area contributed by atoms with Crippen molar-refractivity contribution in [2.24, 2.45) is 23.2 Å². The molecule has 0 spiro atoms. The molecule has 2 aromatic rings. The minimum absolute atomic E-state index is 0.103. The van der Waals surface area contributed by atoms with Crippen LogP contribution >= 0.6 is 0 Å². The van der Waals surface area contributed by atoms with Gasteiger partial charge in [-0.15, -0.1) is 0 Å². The first kappa shape index (κ1) is 33.3. The third-order valence-corrected chi connectivity index (χ3v) is 8.10. The number of benzene rings is 2. The van der Waals surface area contributed by atoms with Crippen molar-refractivity contribution in [2.75, 3.05) is 21.0 Å². The lowest BCUT2D eigenvalue weighted by Crippen LogP contribution is -2.32. The number of ketones is 1. The van der Waals surface area contributed by atoms with Gasteiger partial charge in [-0.25, -0.2) is 0 Å². The van der Waals surface area contributed by atoms with E-state index >= 15 is 0 Å². The highest BCUT2D eigenvalue weighted by atomic mass is 16.7. The molecule has 0 saturated heterocycles. The molecule has 0 saturated carbocycles. The van der Waals surface area contributed by atoms with Crippen LogP contribution in [0.1, 0.15) is 71.1 Å². The molecule has 0 radical (unpaired) electrons. The first-order valence-corrected chi connectivity index (χ1v) is 14.8. The molecule has 1 aliphatic carbocycles. The van der Waals surface area contributed by atoms with Crippen LogP contribution in [0.3, 0.4) is 0 Å². The SMILES string of the molecule is COCO[C@@H]([C@@H](C)C#CC1=C(C=O)C(=O)[C@H](C)CC1(C)C)[C@@H](C)CC[C@H](OC)c1cccc(OCc2ccccc2)c1. The molecule has 226 valence electrons. The largest absolute Gasteiger partial charge is 0.489 e. The van der Waals surface area contributed by atoms with Crippen LogP contribution in [-0.4, -0.2) is 39.2 Å². The number of hydrogen-bond donors (Lipinski definition) is 0. The van der Waals surface area contributed by atoms with Crippen LogP contribution in [0.5, 0.6) is 5.75 Å². The van der Waals surface area contributed by atoms with Crippen molar-refractivity contribution in [2.45, 2.75) is 72.7 Å². The standard InChI is InChI=1S/C36H46O6/c1-25(16-18-32-31(22-37)34(38)27(3)21-36(32,4)5)35(42-24-39-6)26(2)17-19-33(40-7)29-14-11-15-30(20-29)41-23-28-12-9-8-10-13-28/h8-15,20,22,25-27,33,35H,17,19,21,23-24H2,1-7H3/t25-,26-,27+,33-,35-/m0/s1. The van der Waals surface area contributed by atoms with Gasteiger partial charge in [0.15, 0.2) is 12.1 Å². The molecule has 3 rings (SSSR count). The van der Waals surface area contributed by atoms with E-state index in [1.165, 1.54) is 0 Å². The van der Waals surface area contributed by atoms with Gasteiger partial charge in [-0.2, -0.15) is 0 Å². The monoisotopic (exact) mass is 574 g/mol. The van der Waals surface area contributed by atoms with Crippen LogP contribution in [0.15, 0.2) is 65.7 Å². The van der Waals surface area contributed by atoms with Crippen molar-refractivity contribution in [1.29, 1.82) is 0 Å². The Morgan fingerprint density at radius 3 is 2.45 bits per heavy atom. The van der Waals surface area contributed by atoms with Gasteiger partial charge < -0.3 is 18.9 Å². The summed E-state index contributed by atoms with van der Waals surface area (Å²) in [5.74, 6) is 7.02. The predicted molar refractivity (Wildman–Crippen MR) is 165 cm³/mol. The number of Topliss-reactive ketones (excluding diaryl/α,β-unsaturated/α-hetero) is 1. The Kier molecular flexibility index (Phi) is 12.5. The fraction of sp³-hybridized carbons (Fsp3) is 0.500. The topological polar surface area (TPSA) is 71.1 Å². The summed E-state index contributed by atoms with van der Waals surface area (Å²) >= 11 is 0. The first-order valence-electron chi connectivity index (χ1n) is 14.8. The fourth-order valence-electron chi connectivity index (χ4n) is 5.83. The number of aldehydes is 1. The fourth-order valence-corrected chi connectivity index (χ4v) is 5.83. The molecule has 0 fully saturated rings. The van der Waals surface area contributed by atoms with E-state index in [1.54, 1.807) is 14.2 Å². The van der Waals surface area contributed by atoms with Crippen molar-refractivity contribution in [3.8, 4) is 17.6 Å². The third kappa shape index (κ3) is 8.88. The van der Waals surface area contributed by atoms with Gasteiger partial charge in [0.05, 0.1) is 17.8 Å². The number of methoxy groups -OCH3 is 2. The van der Waals surface area contributed by atoms with Crippen molar-refractivity contribution in [3.63, 3.8) is 0 Å². The minimum atomic E-state index is -0.351. The molecule has 42 heavy (non-hydrogen) atoms. The summed E-state index contributed by atoms with van der Waals surface area (Å²) in [7, 11) is 3.33. The molecular formula is C36H46O6. The molecule has 6 heteroatoms. The number of allylic oxidation sites excluding steroid dienone is 2. The highest BCUT2D eigenvalue weighted by Gasteiger charge is 2.38. The molecule has 6 nitrogen and oxygen atoms in total. The summed E-state index contributed by atoms with van der Waals surface area (Å²) < 4.78 is 23.3. The van der Waals surface area contributed by atoms with E-state index in [0.717, 1.165) is 29.7 Å². The summed E-state index contributed by atoms with van der Waals surface area (Å²) in [5, 5.41) is 0. The summed E-state index contributed by atoms with van der Waals surface area (Å²) in [5.41, 5.74) is 2.66. The third-order valence-electron chi connectivity index (χ3n) is 8.10. The van der Waals surface area contributed by atoms with Gasteiger partial charge in [0.25, 0.3) is 0 Å². The van der Waals surface area contributed by atoms with Crippen molar-refractivity contribution >= 4 is 12.1 Å². The number of rotatable bonds is 14. The first-order chi connectivity index (χ1) is 20.1. The molecular weight excluding hydrogens is 528 g/mol. The van der Waals surface area contributed by atoms with Gasteiger partial charge >= 0.3 is 0 Å². The van der Waals surface area contributed by atoms with Gasteiger partial charge in [0, 0.05) is 31.6 Å². The maximum absolute atomic E-state index is 12.7. The number of hydrogen-bond acceptors (Lipinski definition) is 6. The lowest BCUT2D eigenvalue weighted by atomic mass is 9.68. The zero-order valence-corrected chi connectivity index (χ0v) is 26.1. The average molecular weight is 575 g/mol. The van der Waals surface area contributed by atoms with Crippen LogP contribution < -0.4 is 4.74 Å². The maximum atomic E-state index is 12.7. The second kappa shape index (κ2) is 15.8. The van der Waals surface area contributed by atoms with E-state index in [-0.39, 0.29) is 53.5 Å². The van der Waals surface area contributed by atoms with Crippen molar-refractivity contribution in [1.82, 2.24) is 0 Å². The zero-order valence-electron chi connectivity index (χ0n) is 26.1. The highest BCUT2D eigenvalue weighted by molar-refractivity contribution is 6.14. The Morgan fingerprint density at radius 2 is 1.79 bits per heavy atom. The van der Waals surface area contributed by atoms with E-state index in [9.17, 15) is 9.59 Å². The van der Waals surface area contributed by atoms with Crippen molar-refractivity contribution < 1.29 is 28.5 Å². The second-order valence-electron chi connectivity index (χ2n) is 12.0. The highest BCUT2D eigenvalue weighted by Crippen LogP contribution is 2.40. The Morgan fingerprint density at radius 1 is 1.05 bits per heavy atom. The minimum Gasteiger partial charge on any atom is -0.489 e. The summed E-state index contributed by atoms with van der Waals surface area (Å²) in [6, 6.07) is 18.2. The molecule has 0 unspecified atom stereocenters. The summed E-state index contributed by atoms with van der Waals surface area (Å²) in [4.78, 5) is 24.5. The number of carbonyl (C=O) groups excluding carboxylic acids is 2. The second-order valence-corrected chi connectivity index (χ2v) is 12.0. The van der Waals surface area contributed by atoms with Gasteiger partial charge in [-0.3, -0.25) is 9.59 Å². The van der Waals surface area contributed by atoms with Crippen LogP contribution in [0.4, 0.5) is 0 Å². The maximum Gasteiger partial charge on any atom is 0.169 e. The van der Waals surface area contributed by atoms with E-state index in [0.29, 0.717) is 24.9 Å². The lowest BCUT2D eigenvalue weighted by Gasteiger charge is -2.34. The molecule has 5 atom stereocenters. The van der Waals surface area contributed by atoms with Gasteiger partial charge in [0.2, 0.25) is 0 Å². The predicted octanol–water partition coefficient (Wildman–Crippen LogP) is 7.13. The van der Waals surface area contributed by atoms with E-state index in [2.05, 4.69) is 24.8 Å². The van der Waals surface area contributed by atoms with Crippen LogP contribution in [0.2, 0.25) is 0 Å². The Hall–Kier alpha value is -3.24. The van der Waals surface area contributed by atoms with E-state index in [4.69, 9.17) is 18.9 Å². The van der Waals surface area contributed by atoms with E-state index in [1.807, 2.05) is 76.2 Å². The number of carbonyl (C=O) groups is 2. The van der Waals surface area contributed by atoms with Crippen LogP contribution in [-0.2, 0) is 30.4 Å². The summed E-state index contributed by atoms with van der Waals surface area (Å²) in [6.07, 6.45) is 2.64. The molecule has 0 aliphatic heterocycles. The van der Waals surface area contributed by atoms with Crippen molar-refractivity contribution in [3.05, 3.63) is 76.9 Å². The van der Waals surface area contributed by atoms with E-state index < -0.39 is 0 Å². The molecule has 2 aromatic carbocycles. The normalized spacial score (nSPS) is 19.3. The molecule has 1 aliphatic rings. The zero-order chi connectivity index (χ0) is 30.7. The van der Waals surface area contributed by atoms with Gasteiger partial charge in [0.1, 0.15) is 19.1 Å². The van der Waals surface area contributed by atoms with Gasteiger partial charge in [-0.05, 0) is 60.8 Å². The Balaban J connectivity index is 1.71. The number of ether oxygens (including phenoxy) is 4. The smallest absolute Gasteiger partial charge is 0.169 e. The Labute approximate surface area is 251 Å². The van der Waals surface area contributed by atoms with Gasteiger partial charge in [-0.1, -0.05) is 82.0 Å². The molecule has 0 amide bonds. The molecule has 0 aromatic heterocycles.